The van der Waals surface area contributed by atoms with Crippen molar-refractivity contribution in [3.05, 3.63) is 108 Å². The SMILES string of the molecule is Cc1ccc(-c2cc(-c3ccccc3)cc(-c3ccc(C(=O)O)cc3)c2)cc1. The van der Waals surface area contributed by atoms with E-state index in [1.807, 2.05) is 30.3 Å². The molecule has 0 aliphatic carbocycles. The molecule has 4 aromatic rings. The van der Waals surface area contributed by atoms with Gasteiger partial charge < -0.3 is 5.11 Å². The molecule has 0 spiro atoms. The third kappa shape index (κ3) is 3.72. The van der Waals surface area contributed by atoms with Gasteiger partial charge in [-0.05, 0) is 70.6 Å². The molecule has 0 aromatic heterocycles. The fourth-order valence-electron chi connectivity index (χ4n) is 3.31. The Morgan fingerprint density at radius 1 is 0.571 bits per heavy atom. The number of carbonyl (C=O) groups is 1. The molecule has 0 heterocycles. The first-order valence-corrected chi connectivity index (χ1v) is 9.21. The molecule has 0 bridgehead atoms. The van der Waals surface area contributed by atoms with E-state index < -0.39 is 5.97 Å². The third-order valence-electron chi connectivity index (χ3n) is 4.89. The third-order valence-corrected chi connectivity index (χ3v) is 4.89. The van der Waals surface area contributed by atoms with Crippen LogP contribution in [0.4, 0.5) is 0 Å². The standard InChI is InChI=1S/C26H20O2/c1-18-7-9-20(10-8-18)24-15-23(19-5-3-2-4-6-19)16-25(17-24)21-11-13-22(14-12-21)26(27)28/h2-17H,1H3,(H,27,28). The average molecular weight is 364 g/mol. The van der Waals surface area contributed by atoms with Crippen molar-refractivity contribution < 1.29 is 9.90 Å². The second kappa shape index (κ2) is 7.53. The summed E-state index contributed by atoms with van der Waals surface area (Å²) in [6.45, 7) is 2.08. The van der Waals surface area contributed by atoms with E-state index in [2.05, 4.69) is 61.5 Å². The van der Waals surface area contributed by atoms with Crippen molar-refractivity contribution in [1.29, 1.82) is 0 Å². The summed E-state index contributed by atoms with van der Waals surface area (Å²) >= 11 is 0. The first kappa shape index (κ1) is 17.7. The van der Waals surface area contributed by atoms with Crippen molar-refractivity contribution in [2.75, 3.05) is 0 Å². The first-order valence-electron chi connectivity index (χ1n) is 9.21. The zero-order valence-electron chi connectivity index (χ0n) is 15.6. The van der Waals surface area contributed by atoms with E-state index in [-0.39, 0.29) is 0 Å². The highest BCUT2D eigenvalue weighted by molar-refractivity contribution is 5.89. The minimum atomic E-state index is -0.912. The average Bonchev–Trinajstić information content (AvgIpc) is 2.74. The Morgan fingerprint density at radius 2 is 1.00 bits per heavy atom. The van der Waals surface area contributed by atoms with Gasteiger partial charge in [-0.2, -0.15) is 0 Å². The first-order chi connectivity index (χ1) is 13.6. The van der Waals surface area contributed by atoms with Crippen molar-refractivity contribution in [3.8, 4) is 33.4 Å². The largest absolute Gasteiger partial charge is 0.478 e. The number of hydrogen-bond donors (Lipinski definition) is 1. The monoisotopic (exact) mass is 364 g/mol. The summed E-state index contributed by atoms with van der Waals surface area (Å²) in [4.78, 5) is 11.2. The van der Waals surface area contributed by atoms with Gasteiger partial charge in [-0.15, -0.1) is 0 Å². The highest BCUT2D eigenvalue weighted by Gasteiger charge is 2.08. The summed E-state index contributed by atoms with van der Waals surface area (Å²) in [5.41, 5.74) is 8.17. The molecule has 2 nitrogen and oxygen atoms in total. The molecule has 28 heavy (non-hydrogen) atoms. The van der Waals surface area contributed by atoms with Gasteiger partial charge in [0.2, 0.25) is 0 Å². The van der Waals surface area contributed by atoms with Crippen LogP contribution in [0, 0.1) is 6.92 Å². The summed E-state index contributed by atoms with van der Waals surface area (Å²) in [7, 11) is 0. The number of carboxylic acids is 1. The van der Waals surface area contributed by atoms with Gasteiger partial charge in [0.25, 0.3) is 0 Å². The number of carboxylic acid groups (broad SMARTS) is 1. The second-order valence-corrected chi connectivity index (χ2v) is 6.91. The van der Waals surface area contributed by atoms with Gasteiger partial charge in [0.15, 0.2) is 0 Å². The maximum Gasteiger partial charge on any atom is 0.335 e. The zero-order valence-corrected chi connectivity index (χ0v) is 15.6. The number of aromatic carboxylic acids is 1. The van der Waals surface area contributed by atoms with Crippen LogP contribution in [0.25, 0.3) is 33.4 Å². The fraction of sp³-hybridized carbons (Fsp3) is 0.0385. The Labute approximate surface area is 164 Å². The van der Waals surface area contributed by atoms with Gasteiger partial charge in [0.1, 0.15) is 0 Å². The lowest BCUT2D eigenvalue weighted by Gasteiger charge is -2.12. The molecular formula is C26H20O2. The lowest BCUT2D eigenvalue weighted by atomic mass is 9.93. The number of rotatable bonds is 4. The number of hydrogen-bond acceptors (Lipinski definition) is 1. The molecule has 0 aliphatic rings. The molecule has 0 atom stereocenters. The van der Waals surface area contributed by atoms with Crippen LogP contribution in [0.3, 0.4) is 0 Å². The van der Waals surface area contributed by atoms with Crippen LogP contribution in [-0.4, -0.2) is 11.1 Å². The van der Waals surface area contributed by atoms with E-state index in [0.29, 0.717) is 5.56 Å². The maximum atomic E-state index is 11.2. The topological polar surface area (TPSA) is 37.3 Å². The molecule has 4 rings (SSSR count). The van der Waals surface area contributed by atoms with E-state index in [0.717, 1.165) is 33.4 Å². The molecule has 0 amide bonds. The van der Waals surface area contributed by atoms with Crippen molar-refractivity contribution in [2.45, 2.75) is 6.92 Å². The number of aryl methyl sites for hydroxylation is 1. The van der Waals surface area contributed by atoms with Crippen LogP contribution >= 0.6 is 0 Å². The van der Waals surface area contributed by atoms with Gasteiger partial charge in [-0.25, -0.2) is 4.79 Å². The minimum absolute atomic E-state index is 0.293. The summed E-state index contributed by atoms with van der Waals surface area (Å²) in [6, 6.07) is 32.4. The molecular weight excluding hydrogens is 344 g/mol. The molecule has 0 saturated carbocycles. The summed E-state index contributed by atoms with van der Waals surface area (Å²) in [5, 5.41) is 9.15. The maximum absolute atomic E-state index is 11.2. The fourth-order valence-corrected chi connectivity index (χ4v) is 3.31. The molecule has 0 saturated heterocycles. The molecule has 0 aliphatic heterocycles. The van der Waals surface area contributed by atoms with E-state index in [9.17, 15) is 4.79 Å². The van der Waals surface area contributed by atoms with Crippen LogP contribution in [0.2, 0.25) is 0 Å². The zero-order chi connectivity index (χ0) is 19.5. The lowest BCUT2D eigenvalue weighted by Crippen LogP contribution is -1.95. The quantitative estimate of drug-likeness (QED) is 0.438. The van der Waals surface area contributed by atoms with Crippen molar-refractivity contribution in [2.24, 2.45) is 0 Å². The van der Waals surface area contributed by atoms with Crippen molar-refractivity contribution >= 4 is 5.97 Å². The van der Waals surface area contributed by atoms with Crippen LogP contribution in [0.1, 0.15) is 15.9 Å². The predicted octanol–water partition coefficient (Wildman–Crippen LogP) is 6.69. The van der Waals surface area contributed by atoms with Gasteiger partial charge in [0.05, 0.1) is 5.56 Å². The summed E-state index contributed by atoms with van der Waals surface area (Å²) < 4.78 is 0. The molecule has 2 heteroatoms. The predicted molar refractivity (Wildman–Crippen MR) is 114 cm³/mol. The molecule has 4 aromatic carbocycles. The van der Waals surface area contributed by atoms with Crippen molar-refractivity contribution in [3.63, 3.8) is 0 Å². The highest BCUT2D eigenvalue weighted by Crippen LogP contribution is 2.33. The van der Waals surface area contributed by atoms with Gasteiger partial charge in [0, 0.05) is 0 Å². The Balaban J connectivity index is 1.86. The van der Waals surface area contributed by atoms with Gasteiger partial charge in [-0.3, -0.25) is 0 Å². The minimum Gasteiger partial charge on any atom is -0.478 e. The summed E-state index contributed by atoms with van der Waals surface area (Å²) in [6.07, 6.45) is 0. The molecule has 1 N–H and O–H groups in total. The van der Waals surface area contributed by atoms with Crippen LogP contribution in [0.15, 0.2) is 97.1 Å². The van der Waals surface area contributed by atoms with E-state index in [1.165, 1.54) is 5.56 Å². The van der Waals surface area contributed by atoms with Gasteiger partial charge in [-0.1, -0.05) is 72.3 Å². The highest BCUT2D eigenvalue weighted by atomic mass is 16.4. The Kier molecular flexibility index (Phi) is 4.77. The van der Waals surface area contributed by atoms with Crippen molar-refractivity contribution in [1.82, 2.24) is 0 Å². The van der Waals surface area contributed by atoms with Crippen LogP contribution in [0.5, 0.6) is 0 Å². The van der Waals surface area contributed by atoms with Crippen LogP contribution < -0.4 is 0 Å². The normalized spacial score (nSPS) is 10.6. The molecule has 136 valence electrons. The second-order valence-electron chi connectivity index (χ2n) is 6.91. The van der Waals surface area contributed by atoms with Crippen LogP contribution in [-0.2, 0) is 0 Å². The smallest absolute Gasteiger partial charge is 0.335 e. The summed E-state index contributed by atoms with van der Waals surface area (Å²) in [5.74, 6) is -0.912. The van der Waals surface area contributed by atoms with E-state index >= 15 is 0 Å². The lowest BCUT2D eigenvalue weighted by molar-refractivity contribution is 0.0697. The Bertz CT molecular complexity index is 1110. The molecule has 0 radical (unpaired) electrons. The Morgan fingerprint density at radius 3 is 1.46 bits per heavy atom. The van der Waals surface area contributed by atoms with Gasteiger partial charge >= 0.3 is 5.97 Å². The number of benzene rings is 4. The Hall–Kier alpha value is -3.65. The van der Waals surface area contributed by atoms with E-state index in [4.69, 9.17) is 5.11 Å². The molecule has 0 fully saturated rings. The molecule has 0 unspecified atom stereocenters. The van der Waals surface area contributed by atoms with E-state index in [1.54, 1.807) is 12.1 Å².